The first-order chi connectivity index (χ1) is 27.9. The van der Waals surface area contributed by atoms with Crippen LogP contribution in [0.5, 0.6) is 0 Å². The zero-order chi connectivity index (χ0) is 42.4. The number of nitrogens with one attached hydrogen (secondary N) is 5. The Labute approximate surface area is 338 Å². The zero-order valence-corrected chi connectivity index (χ0v) is 32.8. The van der Waals surface area contributed by atoms with E-state index in [0.717, 1.165) is 11.1 Å². The Hall–Kier alpha value is -6.00. The van der Waals surface area contributed by atoms with E-state index >= 15 is 0 Å². The summed E-state index contributed by atoms with van der Waals surface area (Å²) in [6.45, 7) is 0.909. The van der Waals surface area contributed by atoms with Gasteiger partial charge >= 0.3 is 24.0 Å². The molecule has 318 valence electrons. The fraction of sp³-hybridized carbons (Fsp3) is 0.512. The minimum Gasteiger partial charge on any atom is -0.481 e. The molecule has 17 nitrogen and oxygen atoms in total. The molecule has 0 aliphatic rings. The van der Waals surface area contributed by atoms with E-state index in [0.29, 0.717) is 51.5 Å². The lowest BCUT2D eigenvalue weighted by Crippen LogP contribution is -2.47. The van der Waals surface area contributed by atoms with Gasteiger partial charge in [0.2, 0.25) is 23.6 Å². The molecule has 17 heteroatoms. The maximum absolute atomic E-state index is 13.1. The van der Waals surface area contributed by atoms with Crippen molar-refractivity contribution in [2.75, 3.05) is 19.6 Å². The Bertz CT molecular complexity index is 1590. The quantitative estimate of drug-likeness (QED) is 0.0442. The van der Waals surface area contributed by atoms with Crippen molar-refractivity contribution in [1.29, 1.82) is 0 Å². The normalized spacial score (nSPS) is 11.6. The highest BCUT2D eigenvalue weighted by molar-refractivity contribution is 5.86. The summed E-state index contributed by atoms with van der Waals surface area (Å²) in [5, 5.41) is 30.9. The van der Waals surface area contributed by atoms with E-state index in [1.165, 1.54) is 0 Å². The molecule has 2 rings (SSSR count). The lowest BCUT2D eigenvalue weighted by Gasteiger charge is -2.19. The van der Waals surface area contributed by atoms with Crippen LogP contribution in [-0.4, -0.2) is 89.6 Å². The Morgan fingerprint density at radius 2 is 0.966 bits per heavy atom. The van der Waals surface area contributed by atoms with Crippen LogP contribution >= 0.6 is 0 Å². The standard InChI is InChI=1S/C41H57N5O12/c47-34(21-23-37(50)51)42-25-12-9-18-32(46-41(56)58-29-31-16-6-2-7-17-31)39(54)44-27-11-3-8-20-36(49)45-33(40(55)57-28-30-14-4-1-5-15-30)19-10-13-26-43-35(48)22-24-38(52)53/h1-2,4-7,14-17,32-33H,3,8-13,18-29H2,(H,42,47)(H,43,48)(H,44,54)(H,45,49)(H,46,56)(H,50,51)(H,52,53)/t32-,33-/m0/s1. The van der Waals surface area contributed by atoms with Crippen LogP contribution < -0.4 is 26.6 Å². The summed E-state index contributed by atoms with van der Waals surface area (Å²) in [7, 11) is 0. The Balaban J connectivity index is 1.80. The fourth-order valence-electron chi connectivity index (χ4n) is 5.46. The van der Waals surface area contributed by atoms with Gasteiger partial charge in [-0.3, -0.25) is 28.8 Å². The van der Waals surface area contributed by atoms with Gasteiger partial charge in [-0.05, 0) is 62.5 Å². The van der Waals surface area contributed by atoms with Gasteiger partial charge in [-0.1, -0.05) is 67.1 Å². The van der Waals surface area contributed by atoms with E-state index in [2.05, 4.69) is 26.6 Å². The summed E-state index contributed by atoms with van der Waals surface area (Å²) >= 11 is 0. The molecule has 0 bridgehead atoms. The number of carbonyl (C=O) groups is 8. The van der Waals surface area contributed by atoms with Crippen molar-refractivity contribution in [2.45, 2.75) is 115 Å². The van der Waals surface area contributed by atoms with Crippen molar-refractivity contribution in [2.24, 2.45) is 0 Å². The van der Waals surface area contributed by atoms with Gasteiger partial charge < -0.3 is 46.3 Å². The topological polar surface area (TPSA) is 256 Å². The van der Waals surface area contributed by atoms with Gasteiger partial charge in [-0.25, -0.2) is 9.59 Å². The molecule has 0 heterocycles. The molecule has 0 aromatic heterocycles. The average molecular weight is 812 g/mol. The second-order valence-corrected chi connectivity index (χ2v) is 13.6. The Morgan fingerprint density at radius 1 is 0.483 bits per heavy atom. The molecular formula is C41H57N5O12. The number of benzene rings is 2. The number of unbranched alkanes of at least 4 members (excludes halogenated alkanes) is 4. The fourth-order valence-corrected chi connectivity index (χ4v) is 5.46. The molecule has 7 N–H and O–H groups in total. The molecule has 58 heavy (non-hydrogen) atoms. The molecule has 2 aromatic carbocycles. The third-order valence-electron chi connectivity index (χ3n) is 8.66. The minimum atomic E-state index is -1.06. The number of alkyl carbamates (subject to hydrolysis) is 1. The van der Waals surface area contributed by atoms with Crippen molar-refractivity contribution >= 4 is 47.6 Å². The SMILES string of the molecule is O=C(O)CCC(=O)NCCCC[C@H](NC(=O)OCc1ccccc1)C(=O)NCCCCCC(=O)N[C@@H](CCCCNC(=O)CCC(=O)O)C(=O)OCc1ccccc1. The van der Waals surface area contributed by atoms with E-state index in [1.807, 2.05) is 48.5 Å². The summed E-state index contributed by atoms with van der Waals surface area (Å²) in [5.74, 6) is -4.24. The molecule has 0 fully saturated rings. The molecule has 0 radical (unpaired) electrons. The number of carbonyl (C=O) groups excluding carboxylic acids is 6. The highest BCUT2D eigenvalue weighted by Gasteiger charge is 2.23. The molecule has 0 spiro atoms. The summed E-state index contributed by atoms with van der Waals surface area (Å²) in [6, 6.07) is 16.3. The molecule has 0 aliphatic heterocycles. The van der Waals surface area contributed by atoms with Crippen LogP contribution in [0.2, 0.25) is 0 Å². The van der Waals surface area contributed by atoms with Gasteiger partial charge in [0.1, 0.15) is 25.3 Å². The first-order valence-electron chi connectivity index (χ1n) is 19.6. The number of rotatable bonds is 30. The van der Waals surface area contributed by atoms with Crippen molar-refractivity contribution < 1.29 is 58.0 Å². The van der Waals surface area contributed by atoms with Crippen LogP contribution in [-0.2, 0) is 56.2 Å². The lowest BCUT2D eigenvalue weighted by molar-refractivity contribution is -0.149. The van der Waals surface area contributed by atoms with Gasteiger partial charge in [0.25, 0.3) is 0 Å². The number of ether oxygens (including phenoxy) is 2. The van der Waals surface area contributed by atoms with Crippen molar-refractivity contribution in [1.82, 2.24) is 26.6 Å². The zero-order valence-electron chi connectivity index (χ0n) is 32.8. The van der Waals surface area contributed by atoms with Crippen LogP contribution in [0.15, 0.2) is 60.7 Å². The summed E-state index contributed by atoms with van der Waals surface area (Å²) in [5.41, 5.74) is 1.57. The van der Waals surface area contributed by atoms with Gasteiger partial charge in [0, 0.05) is 38.9 Å². The lowest BCUT2D eigenvalue weighted by atomic mass is 10.1. The third kappa shape index (κ3) is 23.8. The third-order valence-corrected chi connectivity index (χ3v) is 8.66. The molecule has 5 amide bonds. The first kappa shape index (κ1) is 48.1. The predicted molar refractivity (Wildman–Crippen MR) is 211 cm³/mol. The highest BCUT2D eigenvalue weighted by atomic mass is 16.5. The summed E-state index contributed by atoms with van der Waals surface area (Å²) in [4.78, 5) is 96.4. The number of aliphatic carboxylic acids is 2. The van der Waals surface area contributed by atoms with Gasteiger partial charge in [0.15, 0.2) is 0 Å². The largest absolute Gasteiger partial charge is 0.481 e. The van der Waals surface area contributed by atoms with Gasteiger partial charge in [0.05, 0.1) is 12.8 Å². The average Bonchev–Trinajstić information content (AvgIpc) is 3.21. The Kier molecular flexibility index (Phi) is 24.3. The van der Waals surface area contributed by atoms with E-state index in [4.69, 9.17) is 19.7 Å². The van der Waals surface area contributed by atoms with Crippen LogP contribution in [0, 0.1) is 0 Å². The van der Waals surface area contributed by atoms with E-state index in [1.54, 1.807) is 12.1 Å². The van der Waals surface area contributed by atoms with E-state index < -0.39 is 42.0 Å². The van der Waals surface area contributed by atoms with Crippen molar-refractivity contribution in [3.05, 3.63) is 71.8 Å². The highest BCUT2D eigenvalue weighted by Crippen LogP contribution is 2.09. The maximum atomic E-state index is 13.1. The molecule has 0 saturated heterocycles. The van der Waals surface area contributed by atoms with Gasteiger partial charge in [-0.15, -0.1) is 0 Å². The Morgan fingerprint density at radius 3 is 1.50 bits per heavy atom. The number of carboxylic acids is 2. The smallest absolute Gasteiger partial charge is 0.408 e. The molecule has 2 atom stereocenters. The maximum Gasteiger partial charge on any atom is 0.408 e. The number of hydrogen-bond acceptors (Lipinski definition) is 10. The molecule has 2 aromatic rings. The first-order valence-corrected chi connectivity index (χ1v) is 19.6. The molecule has 0 aliphatic carbocycles. The van der Waals surface area contributed by atoms with Crippen molar-refractivity contribution in [3.8, 4) is 0 Å². The van der Waals surface area contributed by atoms with Crippen LogP contribution in [0.25, 0.3) is 0 Å². The summed E-state index contributed by atoms with van der Waals surface area (Å²) < 4.78 is 10.8. The molecular weight excluding hydrogens is 754 g/mol. The predicted octanol–water partition coefficient (Wildman–Crippen LogP) is 3.49. The number of amides is 5. The number of esters is 1. The van der Waals surface area contributed by atoms with Crippen LogP contribution in [0.3, 0.4) is 0 Å². The molecule has 0 saturated carbocycles. The minimum absolute atomic E-state index is 0.0177. The number of carboxylic acid groups (broad SMARTS) is 2. The molecule has 0 unspecified atom stereocenters. The second kappa shape index (κ2) is 29.3. The van der Waals surface area contributed by atoms with E-state index in [-0.39, 0.29) is 89.0 Å². The van der Waals surface area contributed by atoms with E-state index in [9.17, 15) is 38.4 Å². The van der Waals surface area contributed by atoms with Crippen LogP contribution in [0.4, 0.5) is 4.79 Å². The van der Waals surface area contributed by atoms with Crippen molar-refractivity contribution in [3.63, 3.8) is 0 Å². The summed E-state index contributed by atoms with van der Waals surface area (Å²) in [6.07, 6.45) is 2.63. The second-order valence-electron chi connectivity index (χ2n) is 13.6. The number of hydrogen-bond donors (Lipinski definition) is 7. The van der Waals surface area contributed by atoms with Crippen LogP contribution in [0.1, 0.15) is 101 Å². The van der Waals surface area contributed by atoms with Gasteiger partial charge in [-0.2, -0.15) is 0 Å². The monoisotopic (exact) mass is 811 g/mol.